The fraction of sp³-hybridized carbons (Fsp3) is 0.667. The van der Waals surface area contributed by atoms with E-state index >= 15 is 0 Å². The average molecular weight is 206 g/mol. The van der Waals surface area contributed by atoms with Gasteiger partial charge in [0.05, 0.1) is 0 Å². The Kier molecular flexibility index (Phi) is 3.52. The summed E-state index contributed by atoms with van der Waals surface area (Å²) in [5.74, 6) is 0.222. The molecule has 0 saturated heterocycles. The zero-order chi connectivity index (χ0) is 11.5. The van der Waals surface area contributed by atoms with Crippen LogP contribution in [0.3, 0.4) is 0 Å². The highest BCUT2D eigenvalue weighted by Gasteiger charge is 2.22. The van der Waals surface area contributed by atoms with E-state index in [1.807, 2.05) is 26.8 Å². The quantitative estimate of drug-likeness (QED) is 0.567. The number of allylic oxidation sites excluding steroid dienone is 1. The normalized spacial score (nSPS) is 17.1. The summed E-state index contributed by atoms with van der Waals surface area (Å²) in [5, 5.41) is 11.6. The molecule has 0 heterocycles. The lowest BCUT2D eigenvalue weighted by atomic mass is 9.97. The van der Waals surface area contributed by atoms with Crippen LogP contribution in [0.2, 0.25) is 0 Å². The van der Waals surface area contributed by atoms with Gasteiger partial charge in [-0.25, -0.2) is 0 Å². The van der Waals surface area contributed by atoms with Crippen molar-refractivity contribution >= 4 is 5.91 Å². The summed E-state index contributed by atoms with van der Waals surface area (Å²) in [5.41, 5.74) is 0.317. The third-order valence-corrected chi connectivity index (χ3v) is 2.17. The number of hydrogen-bond donors (Lipinski definition) is 1. The van der Waals surface area contributed by atoms with Crippen LogP contribution in [0.5, 0.6) is 0 Å². The summed E-state index contributed by atoms with van der Waals surface area (Å²) < 4.78 is 0. The molecule has 15 heavy (non-hydrogen) atoms. The Bertz CT molecular complexity index is 313. The molecule has 1 rings (SSSR count). The fourth-order valence-electron chi connectivity index (χ4n) is 1.10. The van der Waals surface area contributed by atoms with E-state index in [2.05, 4.69) is 5.32 Å². The lowest BCUT2D eigenvalue weighted by Gasteiger charge is -2.18. The van der Waals surface area contributed by atoms with Gasteiger partial charge in [0.25, 0.3) is 5.91 Å². The summed E-state index contributed by atoms with van der Waals surface area (Å²) in [4.78, 5) is 11.6. The van der Waals surface area contributed by atoms with Gasteiger partial charge in [-0.3, -0.25) is 4.79 Å². The summed E-state index contributed by atoms with van der Waals surface area (Å²) in [7, 11) is 0. The standard InChI is InChI=1S/C12H18N2O/c1-12(2,3)8-14-11(15)10(7-13)6-9-4-5-9/h6,9H,4-5,8H2,1-3H3,(H,14,15)/b10-6+. The number of carbonyl (C=O) groups excluding carboxylic acids is 1. The molecule has 0 unspecified atom stereocenters. The molecule has 0 aliphatic heterocycles. The Balaban J connectivity index is 2.48. The van der Waals surface area contributed by atoms with Crippen molar-refractivity contribution in [3.05, 3.63) is 11.6 Å². The minimum atomic E-state index is -0.237. The largest absolute Gasteiger partial charge is 0.351 e. The number of hydrogen-bond acceptors (Lipinski definition) is 2. The maximum Gasteiger partial charge on any atom is 0.261 e. The molecule has 0 aromatic rings. The first-order valence-corrected chi connectivity index (χ1v) is 5.32. The number of amides is 1. The van der Waals surface area contributed by atoms with Gasteiger partial charge in [0, 0.05) is 6.54 Å². The van der Waals surface area contributed by atoms with Crippen LogP contribution in [0.15, 0.2) is 11.6 Å². The van der Waals surface area contributed by atoms with Gasteiger partial charge in [0.15, 0.2) is 0 Å². The average Bonchev–Trinajstić information content (AvgIpc) is 2.92. The van der Waals surface area contributed by atoms with E-state index in [0.717, 1.165) is 12.8 Å². The molecule has 0 aromatic heterocycles. The van der Waals surface area contributed by atoms with Gasteiger partial charge in [-0.15, -0.1) is 0 Å². The molecule has 82 valence electrons. The van der Waals surface area contributed by atoms with Crippen molar-refractivity contribution in [1.82, 2.24) is 5.32 Å². The highest BCUT2D eigenvalue weighted by atomic mass is 16.1. The van der Waals surface area contributed by atoms with Crippen molar-refractivity contribution in [3.63, 3.8) is 0 Å². The lowest BCUT2D eigenvalue weighted by molar-refractivity contribution is -0.117. The van der Waals surface area contributed by atoms with E-state index in [1.54, 1.807) is 6.08 Å². The fourth-order valence-corrected chi connectivity index (χ4v) is 1.10. The van der Waals surface area contributed by atoms with Crippen LogP contribution < -0.4 is 5.32 Å². The van der Waals surface area contributed by atoms with Crippen LogP contribution >= 0.6 is 0 Å². The second-order valence-electron chi connectivity index (χ2n) is 5.27. The predicted molar refractivity (Wildman–Crippen MR) is 58.9 cm³/mol. The number of nitriles is 1. The summed E-state index contributed by atoms with van der Waals surface area (Å²) in [6.45, 7) is 6.73. The second-order valence-corrected chi connectivity index (χ2v) is 5.27. The topological polar surface area (TPSA) is 52.9 Å². The molecule has 1 aliphatic rings. The maximum atomic E-state index is 11.6. The Morgan fingerprint density at radius 3 is 2.53 bits per heavy atom. The Morgan fingerprint density at radius 1 is 1.53 bits per heavy atom. The third kappa shape index (κ3) is 4.64. The van der Waals surface area contributed by atoms with Gasteiger partial charge in [-0.2, -0.15) is 5.26 Å². The predicted octanol–water partition coefficient (Wildman–Crippen LogP) is 2.01. The summed E-state index contributed by atoms with van der Waals surface area (Å²) in [6, 6.07) is 1.96. The molecule has 1 amide bonds. The van der Waals surface area contributed by atoms with Gasteiger partial charge in [0.2, 0.25) is 0 Å². The number of carbonyl (C=O) groups is 1. The van der Waals surface area contributed by atoms with E-state index in [9.17, 15) is 4.79 Å². The van der Waals surface area contributed by atoms with Crippen LogP contribution in [0.4, 0.5) is 0 Å². The Hall–Kier alpha value is -1.30. The molecule has 0 spiro atoms. The summed E-state index contributed by atoms with van der Waals surface area (Å²) in [6.07, 6.45) is 4.01. The molecule has 0 radical (unpaired) electrons. The van der Waals surface area contributed by atoms with Crippen molar-refractivity contribution in [2.24, 2.45) is 11.3 Å². The molecule has 3 heteroatoms. The molecule has 0 aromatic carbocycles. The van der Waals surface area contributed by atoms with Crippen LogP contribution in [0.1, 0.15) is 33.6 Å². The third-order valence-electron chi connectivity index (χ3n) is 2.17. The Morgan fingerprint density at radius 2 is 2.13 bits per heavy atom. The van der Waals surface area contributed by atoms with Crippen molar-refractivity contribution in [3.8, 4) is 6.07 Å². The smallest absolute Gasteiger partial charge is 0.261 e. The second kappa shape index (κ2) is 4.48. The monoisotopic (exact) mass is 206 g/mol. The minimum absolute atomic E-state index is 0.0514. The molecule has 1 saturated carbocycles. The molecular weight excluding hydrogens is 188 g/mol. The van der Waals surface area contributed by atoms with Crippen molar-refractivity contribution < 1.29 is 4.79 Å². The van der Waals surface area contributed by atoms with Gasteiger partial charge in [-0.05, 0) is 24.2 Å². The lowest BCUT2D eigenvalue weighted by Crippen LogP contribution is -2.33. The zero-order valence-electron chi connectivity index (χ0n) is 9.63. The molecule has 3 nitrogen and oxygen atoms in total. The molecule has 0 bridgehead atoms. The van der Waals surface area contributed by atoms with Gasteiger partial charge >= 0.3 is 0 Å². The first-order chi connectivity index (χ1) is 6.92. The number of nitrogens with one attached hydrogen (secondary N) is 1. The maximum absolute atomic E-state index is 11.6. The molecule has 1 aliphatic carbocycles. The highest BCUT2D eigenvalue weighted by Crippen LogP contribution is 2.31. The van der Waals surface area contributed by atoms with E-state index < -0.39 is 0 Å². The first-order valence-electron chi connectivity index (χ1n) is 5.32. The number of nitrogens with zero attached hydrogens (tertiary/aromatic N) is 1. The van der Waals surface area contributed by atoms with E-state index in [0.29, 0.717) is 12.5 Å². The molecule has 1 N–H and O–H groups in total. The highest BCUT2D eigenvalue weighted by molar-refractivity contribution is 5.97. The zero-order valence-corrected chi connectivity index (χ0v) is 9.63. The van der Waals surface area contributed by atoms with Crippen LogP contribution in [-0.2, 0) is 4.79 Å². The van der Waals surface area contributed by atoms with Crippen LogP contribution in [-0.4, -0.2) is 12.5 Å². The molecule has 0 atom stereocenters. The van der Waals surface area contributed by atoms with Crippen molar-refractivity contribution in [2.45, 2.75) is 33.6 Å². The first kappa shape index (κ1) is 11.8. The SMILES string of the molecule is CC(C)(C)CNC(=O)/C(C#N)=C/C1CC1. The minimum Gasteiger partial charge on any atom is -0.351 e. The van der Waals surface area contributed by atoms with Crippen LogP contribution in [0, 0.1) is 22.7 Å². The molecular formula is C12H18N2O. The van der Waals surface area contributed by atoms with E-state index in [-0.39, 0.29) is 16.9 Å². The van der Waals surface area contributed by atoms with E-state index in [1.165, 1.54) is 0 Å². The summed E-state index contributed by atoms with van der Waals surface area (Å²) >= 11 is 0. The van der Waals surface area contributed by atoms with Gasteiger partial charge in [0.1, 0.15) is 11.6 Å². The van der Waals surface area contributed by atoms with Gasteiger partial charge in [-0.1, -0.05) is 26.8 Å². The number of rotatable bonds is 3. The van der Waals surface area contributed by atoms with Crippen molar-refractivity contribution in [1.29, 1.82) is 5.26 Å². The van der Waals surface area contributed by atoms with Crippen molar-refractivity contribution in [2.75, 3.05) is 6.54 Å². The molecule has 1 fully saturated rings. The van der Waals surface area contributed by atoms with E-state index in [4.69, 9.17) is 5.26 Å². The van der Waals surface area contributed by atoms with Crippen LogP contribution in [0.25, 0.3) is 0 Å². The Labute approximate surface area is 91.2 Å². The van der Waals surface area contributed by atoms with Gasteiger partial charge < -0.3 is 5.32 Å².